The molecule has 1 heterocycles. The molecule has 0 aliphatic heterocycles. The fourth-order valence-electron chi connectivity index (χ4n) is 1.63. The minimum absolute atomic E-state index is 0.0874. The minimum Gasteiger partial charge on any atom is -0.382 e. The summed E-state index contributed by atoms with van der Waals surface area (Å²) in [6, 6.07) is 0. The van der Waals surface area contributed by atoms with Gasteiger partial charge in [-0.1, -0.05) is 0 Å². The van der Waals surface area contributed by atoms with Gasteiger partial charge in [0.05, 0.1) is 12.1 Å². The van der Waals surface area contributed by atoms with Crippen molar-refractivity contribution in [2.24, 2.45) is 0 Å². The second-order valence-corrected chi connectivity index (χ2v) is 4.20. The molecule has 0 aliphatic rings. The Hall–Kier alpha value is -0.610. The highest BCUT2D eigenvalue weighted by molar-refractivity contribution is 7.71. The molecule has 0 bridgehead atoms. The molecule has 1 aromatic heterocycles. The molecule has 0 saturated carbocycles. The second-order valence-electron chi connectivity index (χ2n) is 3.82. The highest BCUT2D eigenvalue weighted by Gasteiger charge is 2.22. The van der Waals surface area contributed by atoms with Crippen molar-refractivity contribution in [1.82, 2.24) is 9.55 Å². The van der Waals surface area contributed by atoms with Gasteiger partial charge < -0.3 is 14.3 Å². The summed E-state index contributed by atoms with van der Waals surface area (Å²) in [4.78, 5) is 3.02. The van der Waals surface area contributed by atoms with Gasteiger partial charge in [0.15, 0.2) is 4.77 Å². The highest BCUT2D eigenvalue weighted by Crippen LogP contribution is 2.18. The standard InChI is InChI=1S/C9H16N2OS/c1-7-5-10-8(13)11(7)9(2,3)6-12-4/h5H,6H2,1-4H3,(H,10,13). The van der Waals surface area contributed by atoms with Crippen LogP contribution in [-0.4, -0.2) is 23.3 Å². The van der Waals surface area contributed by atoms with E-state index in [9.17, 15) is 0 Å². The lowest BCUT2D eigenvalue weighted by Gasteiger charge is -2.27. The van der Waals surface area contributed by atoms with Gasteiger partial charge in [-0.05, 0) is 33.0 Å². The first kappa shape index (κ1) is 10.5. The first-order chi connectivity index (χ1) is 5.99. The number of methoxy groups -OCH3 is 1. The molecule has 0 aromatic carbocycles. The van der Waals surface area contributed by atoms with Gasteiger partial charge in [-0.25, -0.2) is 0 Å². The molecule has 0 unspecified atom stereocenters. The monoisotopic (exact) mass is 200 g/mol. The quantitative estimate of drug-likeness (QED) is 0.758. The van der Waals surface area contributed by atoms with Crippen LogP contribution in [0.2, 0.25) is 0 Å². The number of ether oxygens (including phenoxy) is 1. The molecule has 4 heteroatoms. The molecule has 1 N–H and O–H groups in total. The third-order valence-electron chi connectivity index (χ3n) is 2.06. The van der Waals surface area contributed by atoms with Crippen molar-refractivity contribution in [3.63, 3.8) is 0 Å². The van der Waals surface area contributed by atoms with Gasteiger partial charge in [-0.3, -0.25) is 0 Å². The predicted molar refractivity (Wildman–Crippen MR) is 55.6 cm³/mol. The number of hydrogen-bond donors (Lipinski definition) is 1. The molecule has 3 nitrogen and oxygen atoms in total. The number of aromatic nitrogens is 2. The summed E-state index contributed by atoms with van der Waals surface area (Å²) in [7, 11) is 1.70. The van der Waals surface area contributed by atoms with Crippen molar-refractivity contribution in [2.45, 2.75) is 26.3 Å². The van der Waals surface area contributed by atoms with E-state index < -0.39 is 0 Å². The number of imidazole rings is 1. The molecule has 74 valence electrons. The maximum Gasteiger partial charge on any atom is 0.177 e. The lowest BCUT2D eigenvalue weighted by atomic mass is 10.1. The Labute approximate surface area is 83.7 Å². The highest BCUT2D eigenvalue weighted by atomic mass is 32.1. The van der Waals surface area contributed by atoms with Gasteiger partial charge in [0.2, 0.25) is 0 Å². The summed E-state index contributed by atoms with van der Waals surface area (Å²) >= 11 is 5.19. The first-order valence-corrected chi connectivity index (χ1v) is 4.66. The number of aromatic amines is 1. The minimum atomic E-state index is -0.0874. The number of aryl methyl sites for hydroxylation is 1. The molecular weight excluding hydrogens is 184 g/mol. The first-order valence-electron chi connectivity index (χ1n) is 4.25. The Balaban J connectivity index is 3.12. The van der Waals surface area contributed by atoms with Crippen molar-refractivity contribution in [2.75, 3.05) is 13.7 Å². The number of nitrogens with one attached hydrogen (secondary N) is 1. The maximum absolute atomic E-state index is 5.19. The molecule has 1 aromatic rings. The van der Waals surface area contributed by atoms with E-state index in [2.05, 4.69) is 23.4 Å². The zero-order valence-electron chi connectivity index (χ0n) is 8.55. The van der Waals surface area contributed by atoms with Crippen molar-refractivity contribution in [3.05, 3.63) is 16.7 Å². The number of H-pyrrole nitrogens is 1. The van der Waals surface area contributed by atoms with E-state index in [0.717, 1.165) is 10.5 Å². The van der Waals surface area contributed by atoms with Crippen LogP contribution < -0.4 is 0 Å². The van der Waals surface area contributed by atoms with Crippen LogP contribution in [0.3, 0.4) is 0 Å². The van der Waals surface area contributed by atoms with Gasteiger partial charge in [0.25, 0.3) is 0 Å². The molecule has 1 rings (SSSR count). The fraction of sp³-hybridized carbons (Fsp3) is 0.667. The Morgan fingerprint density at radius 2 is 2.23 bits per heavy atom. The van der Waals surface area contributed by atoms with Crippen LogP contribution in [0.25, 0.3) is 0 Å². The topological polar surface area (TPSA) is 29.9 Å². The van der Waals surface area contributed by atoms with E-state index in [1.54, 1.807) is 7.11 Å². The lowest BCUT2D eigenvalue weighted by molar-refractivity contribution is 0.107. The number of nitrogens with zero attached hydrogens (tertiary/aromatic N) is 1. The molecule has 0 atom stereocenters. The third kappa shape index (κ3) is 2.00. The second kappa shape index (κ2) is 3.64. The smallest absolute Gasteiger partial charge is 0.177 e. The van der Waals surface area contributed by atoms with Crippen LogP contribution in [0.15, 0.2) is 6.20 Å². The third-order valence-corrected chi connectivity index (χ3v) is 2.36. The Morgan fingerprint density at radius 3 is 2.62 bits per heavy atom. The zero-order valence-corrected chi connectivity index (χ0v) is 9.36. The van der Waals surface area contributed by atoms with Crippen LogP contribution in [0.5, 0.6) is 0 Å². The number of hydrogen-bond acceptors (Lipinski definition) is 2. The summed E-state index contributed by atoms with van der Waals surface area (Å²) in [5, 5.41) is 0. The Bertz CT molecular complexity index is 338. The molecule has 0 fully saturated rings. The van der Waals surface area contributed by atoms with Gasteiger partial charge in [0, 0.05) is 19.0 Å². The predicted octanol–water partition coefficient (Wildman–Crippen LogP) is 2.24. The van der Waals surface area contributed by atoms with E-state index in [4.69, 9.17) is 17.0 Å². The molecule has 0 radical (unpaired) electrons. The van der Waals surface area contributed by atoms with Crippen LogP contribution in [-0.2, 0) is 10.3 Å². The maximum atomic E-state index is 5.19. The van der Waals surface area contributed by atoms with Gasteiger partial charge in [0.1, 0.15) is 0 Å². The number of rotatable bonds is 3. The molecular formula is C9H16N2OS. The van der Waals surface area contributed by atoms with Gasteiger partial charge in [-0.2, -0.15) is 0 Å². The van der Waals surface area contributed by atoms with Gasteiger partial charge >= 0.3 is 0 Å². The zero-order chi connectivity index (χ0) is 10.1. The molecule has 0 spiro atoms. The van der Waals surface area contributed by atoms with E-state index in [1.165, 1.54) is 0 Å². The summed E-state index contributed by atoms with van der Waals surface area (Å²) in [6.07, 6.45) is 1.92. The molecule has 13 heavy (non-hydrogen) atoms. The van der Waals surface area contributed by atoms with Crippen LogP contribution in [0, 0.1) is 11.7 Å². The largest absolute Gasteiger partial charge is 0.382 e. The van der Waals surface area contributed by atoms with Crippen LogP contribution >= 0.6 is 12.2 Å². The molecule has 0 saturated heterocycles. The SMILES string of the molecule is COCC(C)(C)n1c(C)c[nH]c1=S. The van der Waals surface area contributed by atoms with Crippen molar-refractivity contribution >= 4 is 12.2 Å². The summed E-state index contributed by atoms with van der Waals surface area (Å²) < 4.78 is 7.98. The Kier molecular flexibility index (Phi) is 2.93. The summed E-state index contributed by atoms with van der Waals surface area (Å²) in [6.45, 7) is 6.89. The van der Waals surface area contributed by atoms with Crippen molar-refractivity contribution in [1.29, 1.82) is 0 Å². The van der Waals surface area contributed by atoms with E-state index in [1.807, 2.05) is 13.1 Å². The lowest BCUT2D eigenvalue weighted by Crippen LogP contribution is -2.32. The normalized spacial score (nSPS) is 12.0. The van der Waals surface area contributed by atoms with Crippen LogP contribution in [0.1, 0.15) is 19.5 Å². The Morgan fingerprint density at radius 1 is 1.62 bits per heavy atom. The van der Waals surface area contributed by atoms with E-state index in [-0.39, 0.29) is 5.54 Å². The summed E-state index contributed by atoms with van der Waals surface area (Å²) in [5.41, 5.74) is 1.04. The average molecular weight is 200 g/mol. The average Bonchev–Trinajstić information content (AvgIpc) is 2.31. The summed E-state index contributed by atoms with van der Waals surface area (Å²) in [5.74, 6) is 0. The molecule has 0 aliphatic carbocycles. The van der Waals surface area contributed by atoms with E-state index >= 15 is 0 Å². The van der Waals surface area contributed by atoms with Crippen molar-refractivity contribution in [3.8, 4) is 0 Å². The van der Waals surface area contributed by atoms with E-state index in [0.29, 0.717) is 6.61 Å². The van der Waals surface area contributed by atoms with Crippen molar-refractivity contribution < 1.29 is 4.74 Å². The molecule has 0 amide bonds. The van der Waals surface area contributed by atoms with Crippen LogP contribution in [0.4, 0.5) is 0 Å². The van der Waals surface area contributed by atoms with Gasteiger partial charge in [-0.15, -0.1) is 0 Å². The fourth-order valence-corrected chi connectivity index (χ4v) is 2.08.